The van der Waals surface area contributed by atoms with Gasteiger partial charge in [-0.3, -0.25) is 3.59 Å². The maximum Gasteiger partial charge on any atom is 0.179 e. The number of aromatic nitrogens is 2. The first-order valence-corrected chi connectivity index (χ1v) is 5.79. The number of imidazole rings is 1. The lowest BCUT2D eigenvalue weighted by atomic mass is 10.3. The van der Waals surface area contributed by atoms with Gasteiger partial charge in [0.25, 0.3) is 0 Å². The Bertz CT molecular complexity index is 424. The minimum absolute atomic E-state index is 1.02. The summed E-state index contributed by atoms with van der Waals surface area (Å²) >= 11 is 5.22. The largest absolute Gasteiger partial charge is 0.253 e. The molecule has 0 N–H and O–H groups in total. The maximum atomic E-state index is 4.48. The second-order valence-corrected chi connectivity index (χ2v) is 4.54. The van der Waals surface area contributed by atoms with Gasteiger partial charge in [-0.25, -0.2) is 4.98 Å². The molecule has 0 aliphatic heterocycles. The highest BCUT2D eigenvalue weighted by atomic mass is 79.9. The zero-order valence-electron chi connectivity index (χ0n) is 7.20. The van der Waals surface area contributed by atoms with Crippen LogP contribution in [-0.2, 0) is 0 Å². The van der Waals surface area contributed by atoms with Crippen molar-refractivity contribution in [1.82, 2.24) is 8.58 Å². The molecule has 1 heterocycles. The number of nitrogens with zero attached hydrogens (tertiary/aromatic N) is 2. The van der Waals surface area contributed by atoms with Crippen molar-refractivity contribution in [3.8, 4) is 0 Å². The highest BCUT2D eigenvalue weighted by molar-refractivity contribution is 9.08. The fourth-order valence-corrected chi connectivity index (χ4v) is 2.51. The smallest absolute Gasteiger partial charge is 0.179 e. The Labute approximate surface area is 89.7 Å². The minimum Gasteiger partial charge on any atom is -0.253 e. The van der Waals surface area contributed by atoms with Crippen LogP contribution in [0.25, 0.3) is 11.0 Å². The third-order valence-corrected chi connectivity index (χ3v) is 3.52. The average molecular weight is 257 g/mol. The molecule has 2 aromatic rings. The van der Waals surface area contributed by atoms with E-state index in [9.17, 15) is 0 Å². The van der Waals surface area contributed by atoms with Crippen LogP contribution in [0.1, 0.15) is 6.92 Å². The molecule has 1 aromatic heterocycles. The van der Waals surface area contributed by atoms with Crippen molar-refractivity contribution < 1.29 is 0 Å². The summed E-state index contributed by atoms with van der Waals surface area (Å²) in [4.78, 5) is 4.48. The predicted molar refractivity (Wildman–Crippen MR) is 60.5 cm³/mol. The molecule has 0 fully saturated rings. The number of thioether (sulfide) groups is 1. The van der Waals surface area contributed by atoms with Crippen LogP contribution in [0, 0.1) is 0 Å². The zero-order chi connectivity index (χ0) is 9.26. The van der Waals surface area contributed by atoms with E-state index in [4.69, 9.17) is 0 Å². The van der Waals surface area contributed by atoms with E-state index in [-0.39, 0.29) is 0 Å². The molecule has 0 radical (unpaired) electrons. The lowest BCUT2D eigenvalue weighted by molar-refractivity contribution is 1.04. The van der Waals surface area contributed by atoms with Gasteiger partial charge in [-0.1, -0.05) is 30.8 Å². The van der Waals surface area contributed by atoms with Crippen molar-refractivity contribution in [2.24, 2.45) is 0 Å². The number of para-hydroxylation sites is 2. The SMILES string of the molecule is CCSc1nc2ccccc2n1Br. The molecule has 68 valence electrons. The number of rotatable bonds is 2. The Kier molecular flexibility index (Phi) is 2.60. The quantitative estimate of drug-likeness (QED) is 0.768. The number of fused-ring (bicyclic) bond motifs is 1. The van der Waals surface area contributed by atoms with Gasteiger partial charge in [-0.15, -0.1) is 0 Å². The Balaban J connectivity index is 2.60. The highest BCUT2D eigenvalue weighted by Crippen LogP contribution is 2.25. The van der Waals surface area contributed by atoms with Crippen LogP contribution in [0.3, 0.4) is 0 Å². The molecular weight excluding hydrogens is 248 g/mol. The summed E-state index contributed by atoms with van der Waals surface area (Å²) in [6.45, 7) is 2.12. The number of hydrogen-bond donors (Lipinski definition) is 0. The third-order valence-electron chi connectivity index (χ3n) is 1.75. The fourth-order valence-electron chi connectivity index (χ4n) is 1.19. The number of hydrogen-bond acceptors (Lipinski definition) is 2. The van der Waals surface area contributed by atoms with E-state index in [2.05, 4.69) is 34.1 Å². The lowest BCUT2D eigenvalue weighted by Crippen LogP contribution is -1.82. The van der Waals surface area contributed by atoms with Crippen LogP contribution in [-0.4, -0.2) is 14.3 Å². The topological polar surface area (TPSA) is 17.8 Å². The molecule has 2 rings (SSSR count). The zero-order valence-corrected chi connectivity index (χ0v) is 9.60. The summed E-state index contributed by atoms with van der Waals surface area (Å²) in [5, 5.41) is 1.02. The highest BCUT2D eigenvalue weighted by Gasteiger charge is 2.06. The molecule has 0 bridgehead atoms. The van der Waals surface area contributed by atoms with Gasteiger partial charge in [-0.2, -0.15) is 0 Å². The Hall–Kier alpha value is -0.480. The normalized spacial score (nSPS) is 10.9. The molecule has 0 saturated carbocycles. The van der Waals surface area contributed by atoms with Crippen LogP contribution >= 0.6 is 27.9 Å². The van der Waals surface area contributed by atoms with Gasteiger partial charge in [0.05, 0.1) is 27.2 Å². The molecule has 0 spiro atoms. The van der Waals surface area contributed by atoms with E-state index in [1.165, 1.54) is 0 Å². The van der Waals surface area contributed by atoms with E-state index in [1.807, 2.05) is 21.8 Å². The molecule has 0 saturated heterocycles. The van der Waals surface area contributed by atoms with Crippen LogP contribution in [0.15, 0.2) is 29.4 Å². The van der Waals surface area contributed by atoms with Crippen molar-refractivity contribution in [2.75, 3.05) is 5.75 Å². The Morgan fingerprint density at radius 3 is 2.92 bits per heavy atom. The Morgan fingerprint density at radius 2 is 2.23 bits per heavy atom. The number of benzene rings is 1. The summed E-state index contributed by atoms with van der Waals surface area (Å²) in [6.07, 6.45) is 0. The first kappa shape index (κ1) is 9.09. The van der Waals surface area contributed by atoms with Crippen LogP contribution < -0.4 is 0 Å². The van der Waals surface area contributed by atoms with Crippen molar-refractivity contribution in [1.29, 1.82) is 0 Å². The van der Waals surface area contributed by atoms with Crippen molar-refractivity contribution in [3.63, 3.8) is 0 Å². The first-order chi connectivity index (χ1) is 6.33. The van der Waals surface area contributed by atoms with E-state index in [0.717, 1.165) is 21.9 Å². The van der Waals surface area contributed by atoms with Crippen molar-refractivity contribution >= 4 is 38.9 Å². The van der Waals surface area contributed by atoms with Gasteiger partial charge in [0.1, 0.15) is 0 Å². The van der Waals surface area contributed by atoms with Crippen LogP contribution in [0.2, 0.25) is 0 Å². The van der Waals surface area contributed by atoms with E-state index >= 15 is 0 Å². The van der Waals surface area contributed by atoms with Gasteiger partial charge >= 0.3 is 0 Å². The fraction of sp³-hybridized carbons (Fsp3) is 0.222. The van der Waals surface area contributed by atoms with Gasteiger partial charge in [-0.05, 0) is 17.9 Å². The molecule has 13 heavy (non-hydrogen) atoms. The van der Waals surface area contributed by atoms with Crippen molar-refractivity contribution in [2.45, 2.75) is 12.1 Å². The second kappa shape index (κ2) is 3.72. The molecule has 1 aromatic carbocycles. The summed E-state index contributed by atoms with van der Waals surface area (Å²) < 4.78 is 1.95. The monoisotopic (exact) mass is 256 g/mol. The molecule has 4 heteroatoms. The molecule has 0 amide bonds. The molecule has 0 atom stereocenters. The predicted octanol–water partition coefficient (Wildman–Crippen LogP) is 3.31. The van der Waals surface area contributed by atoms with Gasteiger partial charge in [0.2, 0.25) is 0 Å². The summed E-state index contributed by atoms with van der Waals surface area (Å²) in [5.74, 6) is 1.04. The summed E-state index contributed by atoms with van der Waals surface area (Å²) in [7, 11) is 0. The first-order valence-electron chi connectivity index (χ1n) is 4.09. The molecular formula is C9H9BrN2S. The standard InChI is InChI=1S/C9H9BrN2S/c1-2-13-9-11-7-5-3-4-6-8(7)12(9)10/h3-6H,2H2,1H3. The lowest BCUT2D eigenvalue weighted by Gasteiger charge is -1.95. The number of halogens is 1. The van der Waals surface area contributed by atoms with Crippen LogP contribution in [0.5, 0.6) is 0 Å². The molecule has 0 aliphatic carbocycles. The van der Waals surface area contributed by atoms with E-state index < -0.39 is 0 Å². The molecule has 0 aliphatic rings. The maximum absolute atomic E-state index is 4.48. The summed E-state index contributed by atoms with van der Waals surface area (Å²) in [5.41, 5.74) is 2.16. The van der Waals surface area contributed by atoms with E-state index in [0.29, 0.717) is 0 Å². The minimum atomic E-state index is 1.02. The summed E-state index contributed by atoms with van der Waals surface area (Å²) in [6, 6.07) is 8.09. The van der Waals surface area contributed by atoms with Crippen LogP contribution in [0.4, 0.5) is 0 Å². The third kappa shape index (κ3) is 1.60. The average Bonchev–Trinajstić information content (AvgIpc) is 2.46. The molecule has 0 unspecified atom stereocenters. The van der Waals surface area contributed by atoms with Gasteiger partial charge in [0.15, 0.2) is 5.16 Å². The van der Waals surface area contributed by atoms with Gasteiger partial charge in [0, 0.05) is 0 Å². The van der Waals surface area contributed by atoms with Gasteiger partial charge < -0.3 is 0 Å². The van der Waals surface area contributed by atoms with E-state index in [1.54, 1.807) is 11.8 Å². The molecule has 2 nitrogen and oxygen atoms in total. The Morgan fingerprint density at radius 1 is 1.46 bits per heavy atom. The second-order valence-electron chi connectivity index (χ2n) is 2.60. The van der Waals surface area contributed by atoms with Crippen molar-refractivity contribution in [3.05, 3.63) is 24.3 Å².